The van der Waals surface area contributed by atoms with Gasteiger partial charge in [-0.25, -0.2) is 18.4 Å². The van der Waals surface area contributed by atoms with Gasteiger partial charge in [0.15, 0.2) is 15.7 Å². The Hall–Kier alpha value is -2.30. The Labute approximate surface area is 179 Å². The average Bonchev–Trinajstić information content (AvgIpc) is 3.47. The van der Waals surface area contributed by atoms with Crippen molar-refractivity contribution < 1.29 is 13.2 Å². The molecule has 0 bridgehead atoms. The van der Waals surface area contributed by atoms with Gasteiger partial charge in [-0.15, -0.1) is 11.3 Å². The average molecular weight is 446 g/mol. The SMILES string of the molecule is O=C(Cn1c(-c2cscn2)nc2ccccc21)N1CCN([C@@H]2CCS(=O)(=O)C2)CC1. The minimum Gasteiger partial charge on any atom is -0.339 e. The van der Waals surface area contributed by atoms with E-state index in [1.165, 1.54) is 11.3 Å². The van der Waals surface area contributed by atoms with Gasteiger partial charge in [0.05, 0.1) is 28.0 Å². The van der Waals surface area contributed by atoms with Crippen LogP contribution in [0, 0.1) is 0 Å². The minimum absolute atomic E-state index is 0.0494. The summed E-state index contributed by atoms with van der Waals surface area (Å²) in [6, 6.07) is 7.91. The fourth-order valence-corrected chi connectivity index (χ4v) is 6.68. The topological polar surface area (TPSA) is 88.4 Å². The zero-order valence-corrected chi connectivity index (χ0v) is 18.1. The zero-order valence-electron chi connectivity index (χ0n) is 16.5. The van der Waals surface area contributed by atoms with Crippen LogP contribution in [0.25, 0.3) is 22.6 Å². The molecule has 2 saturated heterocycles. The van der Waals surface area contributed by atoms with Crippen molar-refractivity contribution in [3.05, 3.63) is 35.2 Å². The fourth-order valence-electron chi connectivity index (χ4n) is 4.39. The molecule has 5 rings (SSSR count). The summed E-state index contributed by atoms with van der Waals surface area (Å²) in [4.78, 5) is 26.3. The number of nitrogens with zero attached hydrogens (tertiary/aromatic N) is 5. The Balaban J connectivity index is 1.31. The lowest BCUT2D eigenvalue weighted by atomic mass is 10.2. The summed E-state index contributed by atoms with van der Waals surface area (Å²) in [6.45, 7) is 2.89. The van der Waals surface area contributed by atoms with Crippen LogP contribution in [0.3, 0.4) is 0 Å². The van der Waals surface area contributed by atoms with Gasteiger partial charge < -0.3 is 9.47 Å². The van der Waals surface area contributed by atoms with Crippen LogP contribution < -0.4 is 0 Å². The first-order chi connectivity index (χ1) is 14.5. The van der Waals surface area contributed by atoms with Gasteiger partial charge in [0.2, 0.25) is 5.91 Å². The number of hydrogen-bond donors (Lipinski definition) is 0. The van der Waals surface area contributed by atoms with Gasteiger partial charge in [-0.1, -0.05) is 12.1 Å². The molecule has 0 saturated carbocycles. The highest BCUT2D eigenvalue weighted by Gasteiger charge is 2.34. The summed E-state index contributed by atoms with van der Waals surface area (Å²) in [7, 11) is -2.89. The second kappa shape index (κ2) is 7.75. The van der Waals surface area contributed by atoms with Gasteiger partial charge in [-0.05, 0) is 18.6 Å². The number of piperazine rings is 1. The summed E-state index contributed by atoms with van der Waals surface area (Å²) in [5.41, 5.74) is 4.31. The second-order valence-electron chi connectivity index (χ2n) is 7.86. The molecular formula is C20H23N5O3S2. The lowest BCUT2D eigenvalue weighted by Crippen LogP contribution is -2.52. The summed E-state index contributed by atoms with van der Waals surface area (Å²) >= 11 is 1.50. The molecule has 1 atom stereocenters. The van der Waals surface area contributed by atoms with Gasteiger partial charge in [0.25, 0.3) is 0 Å². The summed E-state index contributed by atoms with van der Waals surface area (Å²) in [5, 5.41) is 1.94. The Morgan fingerprint density at radius 2 is 1.97 bits per heavy atom. The summed E-state index contributed by atoms with van der Waals surface area (Å²) in [5.74, 6) is 1.29. The van der Waals surface area contributed by atoms with Crippen molar-refractivity contribution in [1.82, 2.24) is 24.3 Å². The molecule has 0 radical (unpaired) electrons. The quantitative estimate of drug-likeness (QED) is 0.605. The van der Waals surface area contributed by atoms with Gasteiger partial charge in [-0.3, -0.25) is 9.69 Å². The maximum atomic E-state index is 13.1. The van der Waals surface area contributed by atoms with Crippen LogP contribution in [0.15, 0.2) is 35.2 Å². The smallest absolute Gasteiger partial charge is 0.242 e. The van der Waals surface area contributed by atoms with Crippen molar-refractivity contribution in [1.29, 1.82) is 0 Å². The third kappa shape index (κ3) is 3.75. The third-order valence-electron chi connectivity index (χ3n) is 6.00. The Morgan fingerprint density at radius 3 is 2.67 bits per heavy atom. The van der Waals surface area contributed by atoms with E-state index < -0.39 is 9.84 Å². The van der Waals surface area contributed by atoms with E-state index in [1.54, 1.807) is 5.51 Å². The molecule has 0 unspecified atom stereocenters. The highest BCUT2D eigenvalue weighted by atomic mass is 32.2. The number of amides is 1. The number of rotatable bonds is 4. The van der Waals surface area contributed by atoms with Crippen LogP contribution in [-0.4, -0.2) is 82.4 Å². The first kappa shape index (κ1) is 19.7. The predicted molar refractivity (Wildman–Crippen MR) is 116 cm³/mol. The highest BCUT2D eigenvalue weighted by Crippen LogP contribution is 2.25. The lowest BCUT2D eigenvalue weighted by Gasteiger charge is -2.37. The minimum atomic E-state index is -2.89. The molecular weight excluding hydrogens is 422 g/mol. The number of sulfone groups is 1. The molecule has 8 nitrogen and oxygen atoms in total. The van der Waals surface area contributed by atoms with Gasteiger partial charge in [-0.2, -0.15) is 0 Å². The largest absolute Gasteiger partial charge is 0.339 e. The van der Waals surface area contributed by atoms with Gasteiger partial charge >= 0.3 is 0 Å². The van der Waals surface area contributed by atoms with Crippen LogP contribution in [-0.2, 0) is 21.2 Å². The van der Waals surface area contributed by atoms with Gasteiger partial charge in [0, 0.05) is 37.6 Å². The van der Waals surface area contributed by atoms with Crippen LogP contribution in [0.2, 0.25) is 0 Å². The van der Waals surface area contributed by atoms with Crippen LogP contribution >= 0.6 is 11.3 Å². The number of aromatic nitrogens is 3. The van der Waals surface area contributed by atoms with Crippen molar-refractivity contribution in [2.24, 2.45) is 0 Å². The molecule has 2 aliphatic heterocycles. The van der Waals surface area contributed by atoms with E-state index >= 15 is 0 Å². The van der Waals surface area contributed by atoms with Crippen molar-refractivity contribution in [2.45, 2.75) is 19.0 Å². The van der Waals surface area contributed by atoms with Crippen LogP contribution in [0.5, 0.6) is 0 Å². The van der Waals surface area contributed by atoms with E-state index in [1.807, 2.05) is 39.1 Å². The van der Waals surface area contributed by atoms with E-state index in [-0.39, 0.29) is 30.0 Å². The Bertz CT molecular complexity index is 1160. The molecule has 2 fully saturated rings. The number of para-hydroxylation sites is 2. The number of imidazole rings is 1. The second-order valence-corrected chi connectivity index (χ2v) is 10.8. The molecule has 1 aromatic carbocycles. The lowest BCUT2D eigenvalue weighted by molar-refractivity contribution is -0.133. The first-order valence-electron chi connectivity index (χ1n) is 10.1. The molecule has 30 heavy (non-hydrogen) atoms. The Kier molecular flexibility index (Phi) is 5.08. The molecule has 2 aromatic heterocycles. The van der Waals surface area contributed by atoms with E-state index in [0.29, 0.717) is 25.3 Å². The van der Waals surface area contributed by atoms with Crippen molar-refractivity contribution >= 4 is 38.1 Å². The summed E-state index contributed by atoms with van der Waals surface area (Å²) < 4.78 is 25.5. The maximum absolute atomic E-state index is 13.1. The van der Waals surface area contributed by atoms with E-state index in [4.69, 9.17) is 4.98 Å². The van der Waals surface area contributed by atoms with E-state index in [9.17, 15) is 13.2 Å². The predicted octanol–water partition coefficient (Wildman–Crippen LogP) is 1.49. The van der Waals surface area contributed by atoms with Crippen molar-refractivity contribution in [3.63, 3.8) is 0 Å². The normalized spacial score (nSPS) is 22.0. The zero-order chi connectivity index (χ0) is 20.7. The number of benzene rings is 1. The van der Waals surface area contributed by atoms with Gasteiger partial charge in [0.1, 0.15) is 12.2 Å². The Morgan fingerprint density at radius 1 is 1.17 bits per heavy atom. The van der Waals surface area contributed by atoms with Crippen molar-refractivity contribution in [3.8, 4) is 11.5 Å². The number of carbonyl (C=O) groups excluding carboxylic acids is 1. The number of hydrogen-bond acceptors (Lipinski definition) is 7. The van der Waals surface area contributed by atoms with Crippen LogP contribution in [0.4, 0.5) is 0 Å². The molecule has 0 aliphatic carbocycles. The molecule has 0 spiro atoms. The standard InChI is InChI=1S/C20H23N5O3S2/c26-19(24-8-6-23(7-9-24)15-5-10-30(27,28)13-15)11-25-18-4-2-1-3-16(18)22-20(25)17-12-29-14-21-17/h1-4,12,14-15H,5-11,13H2/t15-/m1/s1. The monoisotopic (exact) mass is 445 g/mol. The molecule has 2 aliphatic rings. The molecule has 3 aromatic rings. The van der Waals surface area contributed by atoms with E-state index in [2.05, 4.69) is 9.88 Å². The number of fused-ring (bicyclic) bond motifs is 1. The number of carbonyl (C=O) groups is 1. The molecule has 1 amide bonds. The molecule has 158 valence electrons. The summed E-state index contributed by atoms with van der Waals surface area (Å²) in [6.07, 6.45) is 0.703. The first-order valence-corrected chi connectivity index (χ1v) is 12.8. The molecule has 0 N–H and O–H groups in total. The molecule has 4 heterocycles. The van der Waals surface area contributed by atoms with E-state index in [0.717, 1.165) is 29.8 Å². The fraction of sp³-hybridized carbons (Fsp3) is 0.450. The third-order valence-corrected chi connectivity index (χ3v) is 8.34. The molecule has 10 heteroatoms. The van der Waals surface area contributed by atoms with Crippen molar-refractivity contribution in [2.75, 3.05) is 37.7 Å². The van der Waals surface area contributed by atoms with Crippen LogP contribution in [0.1, 0.15) is 6.42 Å². The highest BCUT2D eigenvalue weighted by molar-refractivity contribution is 7.91. The maximum Gasteiger partial charge on any atom is 0.242 e. The number of thiazole rings is 1.